The van der Waals surface area contributed by atoms with Crippen molar-refractivity contribution in [3.63, 3.8) is 0 Å². The van der Waals surface area contributed by atoms with Crippen LogP contribution in [0.2, 0.25) is 0 Å². The molecule has 4 bridgehead atoms. The molecule has 4 saturated carbocycles. The van der Waals surface area contributed by atoms with E-state index in [1.165, 1.54) is 31.4 Å². The maximum absolute atomic E-state index is 3.59. The summed E-state index contributed by atoms with van der Waals surface area (Å²) in [5.41, 5.74) is 1.26. The van der Waals surface area contributed by atoms with Crippen LogP contribution in [0.5, 0.6) is 0 Å². The molecule has 0 heterocycles. The summed E-state index contributed by atoms with van der Waals surface area (Å²) < 4.78 is 3.59. The lowest BCUT2D eigenvalue weighted by atomic mass is 9.56. The van der Waals surface area contributed by atoms with Gasteiger partial charge in [-0.25, -0.2) is 0 Å². The number of hydrogen-bond donors (Lipinski definition) is 1. The van der Waals surface area contributed by atoms with Gasteiger partial charge in [0.1, 0.15) is 0 Å². The predicted molar refractivity (Wildman–Crippen MR) is 78.5 cm³/mol. The molecule has 1 N–H and O–H groups in total. The van der Waals surface area contributed by atoms with Crippen molar-refractivity contribution in [1.29, 1.82) is 0 Å². The summed E-state index contributed by atoms with van der Waals surface area (Å²) in [6.45, 7) is 0. The van der Waals surface area contributed by atoms with E-state index in [9.17, 15) is 0 Å². The summed E-state index contributed by atoms with van der Waals surface area (Å²) in [6.07, 6.45) is 7.61. The first-order valence-electron chi connectivity index (χ1n) is 7.35. The lowest BCUT2D eigenvalue weighted by molar-refractivity contribution is 0.0268. The Bertz CT molecular complexity index is 388. The Morgan fingerprint density at radius 1 is 0.833 bits per heavy atom. The molecule has 4 fully saturated rings. The molecule has 96 valence electrons. The molecule has 0 atom stereocenters. The van der Waals surface area contributed by atoms with Gasteiger partial charge >= 0.3 is 0 Å². The van der Waals surface area contributed by atoms with Gasteiger partial charge in [-0.05, 0) is 79.9 Å². The Morgan fingerprint density at radius 2 is 1.44 bits per heavy atom. The summed E-state index contributed by atoms with van der Waals surface area (Å²) in [6, 6.07) is 10.6. The van der Waals surface area contributed by atoms with Crippen molar-refractivity contribution in [2.45, 2.75) is 37.4 Å². The molecule has 0 radical (unpaired) electrons. The highest BCUT2D eigenvalue weighted by Crippen LogP contribution is 2.56. The molecule has 2 heteroatoms. The van der Waals surface area contributed by atoms with Gasteiger partial charge in [0, 0.05) is 10.9 Å². The van der Waals surface area contributed by atoms with E-state index < -0.39 is 0 Å². The Morgan fingerprint density at radius 3 is 2.06 bits per heavy atom. The lowest BCUT2D eigenvalue weighted by Crippen LogP contribution is -2.47. The Labute approximate surface area is 114 Å². The zero-order chi connectivity index (χ0) is 11.9. The van der Waals surface area contributed by atoms with E-state index in [4.69, 9.17) is 0 Å². The SMILES string of the molecule is c1ccc(NSC2C3CC4CC(C3)CC2C4)cc1. The minimum absolute atomic E-state index is 0.873. The van der Waals surface area contributed by atoms with Gasteiger partial charge in [-0.1, -0.05) is 18.2 Å². The van der Waals surface area contributed by atoms with Crippen LogP contribution in [0, 0.1) is 23.7 Å². The fourth-order valence-electron chi connectivity index (χ4n) is 4.71. The average molecular weight is 259 g/mol. The molecule has 18 heavy (non-hydrogen) atoms. The fraction of sp³-hybridized carbons (Fsp3) is 0.625. The topological polar surface area (TPSA) is 12.0 Å². The number of anilines is 1. The summed E-state index contributed by atoms with van der Waals surface area (Å²) >= 11 is 2.02. The number of para-hydroxylation sites is 1. The molecule has 0 unspecified atom stereocenters. The van der Waals surface area contributed by atoms with Crippen molar-refractivity contribution >= 4 is 17.6 Å². The first-order valence-corrected chi connectivity index (χ1v) is 8.23. The zero-order valence-electron chi connectivity index (χ0n) is 10.7. The summed E-state index contributed by atoms with van der Waals surface area (Å²) in [4.78, 5) is 0. The van der Waals surface area contributed by atoms with Gasteiger partial charge in [-0.2, -0.15) is 0 Å². The van der Waals surface area contributed by atoms with Crippen LogP contribution in [-0.2, 0) is 0 Å². The number of nitrogens with one attached hydrogen (secondary N) is 1. The molecule has 0 aliphatic heterocycles. The first-order chi connectivity index (χ1) is 8.88. The van der Waals surface area contributed by atoms with E-state index in [0.29, 0.717) is 0 Å². The molecule has 1 aromatic rings. The molecule has 0 saturated heterocycles. The maximum Gasteiger partial charge on any atom is 0.0440 e. The van der Waals surface area contributed by atoms with Crippen LogP contribution in [0.3, 0.4) is 0 Å². The van der Waals surface area contributed by atoms with Crippen LogP contribution in [0.1, 0.15) is 32.1 Å². The van der Waals surface area contributed by atoms with Crippen LogP contribution in [-0.4, -0.2) is 5.25 Å². The Kier molecular flexibility index (Phi) is 2.79. The third-order valence-electron chi connectivity index (χ3n) is 5.23. The standard InChI is InChI=1S/C16H21NS/c1-2-4-15(5-3-1)17-18-16-13-7-11-6-12(9-13)10-14(16)8-11/h1-5,11-14,16-17H,6-10H2. The average Bonchev–Trinajstić information content (AvgIpc) is 2.38. The maximum atomic E-state index is 3.59. The second-order valence-corrected chi connectivity index (χ2v) is 7.47. The van der Waals surface area contributed by atoms with Gasteiger partial charge < -0.3 is 4.72 Å². The number of rotatable bonds is 3. The number of benzene rings is 1. The van der Waals surface area contributed by atoms with Crippen LogP contribution < -0.4 is 4.72 Å². The van der Waals surface area contributed by atoms with Crippen molar-refractivity contribution in [2.24, 2.45) is 23.7 Å². The van der Waals surface area contributed by atoms with E-state index in [1.54, 1.807) is 6.42 Å². The third-order valence-corrected chi connectivity index (χ3v) is 6.62. The van der Waals surface area contributed by atoms with Crippen molar-refractivity contribution in [3.05, 3.63) is 30.3 Å². The lowest BCUT2D eigenvalue weighted by Gasteiger charge is -2.53. The predicted octanol–water partition coefficient (Wildman–Crippen LogP) is 4.57. The van der Waals surface area contributed by atoms with Crippen LogP contribution in [0.15, 0.2) is 30.3 Å². The van der Waals surface area contributed by atoms with Gasteiger partial charge in [-0.3, -0.25) is 0 Å². The fourth-order valence-corrected chi connectivity index (χ4v) is 5.95. The molecule has 4 aliphatic carbocycles. The quantitative estimate of drug-likeness (QED) is 0.798. The van der Waals surface area contributed by atoms with Gasteiger partial charge in [0.2, 0.25) is 0 Å². The summed E-state index contributed by atoms with van der Waals surface area (Å²) in [5, 5.41) is 0.873. The first kappa shape index (κ1) is 11.2. The highest BCUT2D eigenvalue weighted by Gasteiger charge is 2.48. The molecule has 5 rings (SSSR count). The minimum atomic E-state index is 0.873. The molecular weight excluding hydrogens is 238 g/mol. The summed E-state index contributed by atoms with van der Waals surface area (Å²) in [7, 11) is 0. The van der Waals surface area contributed by atoms with Crippen LogP contribution >= 0.6 is 11.9 Å². The molecule has 0 aromatic heterocycles. The normalized spacial score (nSPS) is 41.0. The Balaban J connectivity index is 1.43. The molecule has 1 aromatic carbocycles. The molecule has 0 spiro atoms. The van der Waals surface area contributed by atoms with Crippen molar-refractivity contribution in [3.8, 4) is 0 Å². The third kappa shape index (κ3) is 1.95. The van der Waals surface area contributed by atoms with E-state index in [0.717, 1.165) is 28.9 Å². The smallest absolute Gasteiger partial charge is 0.0440 e. The van der Waals surface area contributed by atoms with Crippen molar-refractivity contribution < 1.29 is 0 Å². The second kappa shape index (κ2) is 4.48. The zero-order valence-corrected chi connectivity index (χ0v) is 11.5. The van der Waals surface area contributed by atoms with E-state index in [-0.39, 0.29) is 0 Å². The Hall–Kier alpha value is -0.630. The summed E-state index contributed by atoms with van der Waals surface area (Å²) in [5.74, 6) is 4.17. The van der Waals surface area contributed by atoms with Crippen LogP contribution in [0.4, 0.5) is 5.69 Å². The van der Waals surface area contributed by atoms with E-state index in [1.807, 2.05) is 11.9 Å². The van der Waals surface area contributed by atoms with Crippen molar-refractivity contribution in [2.75, 3.05) is 4.72 Å². The van der Waals surface area contributed by atoms with Gasteiger partial charge in [0.05, 0.1) is 0 Å². The largest absolute Gasteiger partial charge is 0.330 e. The second-order valence-electron chi connectivity index (χ2n) is 6.48. The van der Waals surface area contributed by atoms with Crippen LogP contribution in [0.25, 0.3) is 0 Å². The molecule has 0 amide bonds. The van der Waals surface area contributed by atoms with Gasteiger partial charge in [0.15, 0.2) is 0 Å². The van der Waals surface area contributed by atoms with Gasteiger partial charge in [-0.15, -0.1) is 0 Å². The highest BCUT2D eigenvalue weighted by atomic mass is 32.2. The highest BCUT2D eigenvalue weighted by molar-refractivity contribution is 8.01. The van der Waals surface area contributed by atoms with E-state index in [2.05, 4.69) is 35.1 Å². The molecule has 4 aliphatic rings. The number of hydrogen-bond acceptors (Lipinski definition) is 2. The van der Waals surface area contributed by atoms with Crippen molar-refractivity contribution in [1.82, 2.24) is 0 Å². The molecular formula is C16H21NS. The van der Waals surface area contributed by atoms with E-state index >= 15 is 0 Å². The van der Waals surface area contributed by atoms with Gasteiger partial charge in [0.25, 0.3) is 0 Å². The molecule has 1 nitrogen and oxygen atoms in total. The minimum Gasteiger partial charge on any atom is -0.330 e. The monoisotopic (exact) mass is 259 g/mol.